The summed E-state index contributed by atoms with van der Waals surface area (Å²) in [5.41, 5.74) is 0. The Balaban J connectivity index is 3.67. The van der Waals surface area contributed by atoms with Gasteiger partial charge in [0.1, 0.15) is 6.61 Å². The molecule has 0 amide bonds. The summed E-state index contributed by atoms with van der Waals surface area (Å²) in [5.74, 6) is -0.442. The lowest BCUT2D eigenvalue weighted by Gasteiger charge is -2.13. The second-order valence-corrected chi connectivity index (χ2v) is 4.63. The molecule has 19 heavy (non-hydrogen) atoms. The van der Waals surface area contributed by atoms with Crippen molar-refractivity contribution in [3.05, 3.63) is 0 Å². The third-order valence-electron chi connectivity index (χ3n) is 2.16. The van der Waals surface area contributed by atoms with Gasteiger partial charge in [0.25, 0.3) is 6.47 Å². The molecule has 0 fully saturated rings. The molecule has 0 radical (unpaired) electrons. The molecule has 1 atom stereocenters. The van der Waals surface area contributed by atoms with Crippen LogP contribution in [0.25, 0.3) is 0 Å². The average molecular weight is 274 g/mol. The Morgan fingerprint density at radius 3 is 2.37 bits per heavy atom. The molecule has 0 bridgehead atoms. The first-order valence-electron chi connectivity index (χ1n) is 6.36. The lowest BCUT2D eigenvalue weighted by Crippen LogP contribution is -2.18. The summed E-state index contributed by atoms with van der Waals surface area (Å²) in [6, 6.07) is 0. The van der Waals surface area contributed by atoms with Crippen LogP contribution >= 0.6 is 0 Å². The summed E-state index contributed by atoms with van der Waals surface area (Å²) in [5, 5.41) is 0. The summed E-state index contributed by atoms with van der Waals surface area (Å²) in [4.78, 5) is 32.5. The second-order valence-electron chi connectivity index (χ2n) is 4.63. The van der Waals surface area contributed by atoms with E-state index in [0.29, 0.717) is 18.9 Å². The van der Waals surface area contributed by atoms with Crippen LogP contribution in [0.5, 0.6) is 0 Å². The molecule has 6 nitrogen and oxygen atoms in total. The number of carbonyl (C=O) groups excluding carboxylic acids is 3. The molecular weight excluding hydrogens is 252 g/mol. The number of carbonyl (C=O) groups is 3. The van der Waals surface area contributed by atoms with Crippen LogP contribution in [0.2, 0.25) is 0 Å². The van der Waals surface area contributed by atoms with Crippen molar-refractivity contribution in [1.82, 2.24) is 0 Å². The molecule has 6 heteroatoms. The maximum atomic E-state index is 11.3. The highest BCUT2D eigenvalue weighted by atomic mass is 16.6. The maximum Gasteiger partial charge on any atom is 0.309 e. The van der Waals surface area contributed by atoms with Gasteiger partial charge in [-0.1, -0.05) is 13.8 Å². The highest BCUT2D eigenvalue weighted by Crippen LogP contribution is 2.05. The van der Waals surface area contributed by atoms with E-state index in [1.165, 1.54) is 0 Å². The van der Waals surface area contributed by atoms with Crippen molar-refractivity contribution < 1.29 is 28.6 Å². The highest BCUT2D eigenvalue weighted by Gasteiger charge is 2.12. The van der Waals surface area contributed by atoms with Crippen molar-refractivity contribution in [3.63, 3.8) is 0 Å². The lowest BCUT2D eigenvalue weighted by atomic mass is 10.2. The molecule has 0 aliphatic heterocycles. The van der Waals surface area contributed by atoms with E-state index in [4.69, 9.17) is 9.47 Å². The van der Waals surface area contributed by atoms with E-state index in [0.717, 1.165) is 0 Å². The van der Waals surface area contributed by atoms with Gasteiger partial charge < -0.3 is 14.2 Å². The van der Waals surface area contributed by atoms with Crippen molar-refractivity contribution >= 4 is 18.4 Å². The number of rotatable bonds is 10. The fraction of sp³-hybridized carbons (Fsp3) is 0.769. The molecule has 110 valence electrons. The average Bonchev–Trinajstić information content (AvgIpc) is 2.34. The number of ether oxygens (including phenoxy) is 3. The first kappa shape index (κ1) is 17.4. The van der Waals surface area contributed by atoms with Crippen LogP contribution in [0.3, 0.4) is 0 Å². The van der Waals surface area contributed by atoms with Crippen molar-refractivity contribution in [1.29, 1.82) is 0 Å². The van der Waals surface area contributed by atoms with Gasteiger partial charge in [-0.05, 0) is 19.3 Å². The van der Waals surface area contributed by atoms with E-state index in [9.17, 15) is 14.4 Å². The van der Waals surface area contributed by atoms with E-state index < -0.39 is 5.97 Å². The molecule has 1 unspecified atom stereocenters. The maximum absolute atomic E-state index is 11.3. The van der Waals surface area contributed by atoms with Crippen molar-refractivity contribution in [2.24, 2.45) is 5.92 Å². The molecule has 0 spiro atoms. The molecule has 0 saturated heterocycles. The molecule has 0 aliphatic rings. The SMILES string of the molecule is CC(C)COC(=O)CCC(C)OC(=O)CCOC=O. The monoisotopic (exact) mass is 274 g/mol. The zero-order valence-corrected chi connectivity index (χ0v) is 11.7. The van der Waals surface area contributed by atoms with Crippen LogP contribution in [0.15, 0.2) is 0 Å². The predicted octanol–water partition coefficient (Wildman–Crippen LogP) is 1.46. The minimum Gasteiger partial charge on any atom is -0.467 e. The van der Waals surface area contributed by atoms with Crippen LogP contribution in [0, 0.1) is 5.92 Å². The van der Waals surface area contributed by atoms with Crippen LogP contribution in [0.4, 0.5) is 0 Å². The Hall–Kier alpha value is -1.59. The largest absolute Gasteiger partial charge is 0.467 e. The lowest BCUT2D eigenvalue weighted by molar-refractivity contribution is -0.153. The summed E-state index contributed by atoms with van der Waals surface area (Å²) in [6.07, 6.45) is 0.278. The van der Waals surface area contributed by atoms with Crippen LogP contribution in [-0.4, -0.2) is 37.7 Å². The van der Waals surface area contributed by atoms with Gasteiger partial charge in [-0.25, -0.2) is 0 Å². The quantitative estimate of drug-likeness (QED) is 0.260. The Bertz CT molecular complexity index is 287. The molecule has 0 aromatic carbocycles. The summed E-state index contributed by atoms with van der Waals surface area (Å²) < 4.78 is 14.4. The van der Waals surface area contributed by atoms with E-state index in [1.54, 1.807) is 6.92 Å². The van der Waals surface area contributed by atoms with Gasteiger partial charge in [0.05, 0.1) is 19.1 Å². The van der Waals surface area contributed by atoms with Gasteiger partial charge in [0, 0.05) is 6.42 Å². The zero-order valence-electron chi connectivity index (χ0n) is 11.7. The molecule has 0 heterocycles. The molecule has 0 rings (SSSR count). The Morgan fingerprint density at radius 2 is 1.79 bits per heavy atom. The van der Waals surface area contributed by atoms with Crippen molar-refractivity contribution in [2.75, 3.05) is 13.2 Å². The minimum absolute atomic E-state index is 0.00544. The third kappa shape index (κ3) is 11.2. The van der Waals surface area contributed by atoms with E-state index in [2.05, 4.69) is 4.74 Å². The summed E-state index contributed by atoms with van der Waals surface area (Å²) in [6.45, 7) is 6.30. The first-order chi connectivity index (χ1) is 8.95. The van der Waals surface area contributed by atoms with Crippen LogP contribution in [0.1, 0.15) is 40.0 Å². The number of hydrogen-bond donors (Lipinski definition) is 0. The topological polar surface area (TPSA) is 78.9 Å². The van der Waals surface area contributed by atoms with Crippen LogP contribution < -0.4 is 0 Å². The standard InChI is InChI=1S/C13H22O6/c1-10(2)8-18-12(15)5-4-11(3)19-13(16)6-7-17-9-14/h9-11H,4-8H2,1-3H3. The first-order valence-corrected chi connectivity index (χ1v) is 6.36. The predicted molar refractivity (Wildman–Crippen MR) is 67.2 cm³/mol. The van der Waals surface area contributed by atoms with E-state index >= 15 is 0 Å². The molecule has 0 aromatic rings. The Morgan fingerprint density at radius 1 is 1.11 bits per heavy atom. The van der Waals surface area contributed by atoms with Gasteiger partial charge in [0.15, 0.2) is 0 Å². The fourth-order valence-electron chi connectivity index (χ4n) is 1.19. The number of esters is 2. The van der Waals surface area contributed by atoms with Crippen molar-refractivity contribution in [3.8, 4) is 0 Å². The highest BCUT2D eigenvalue weighted by molar-refractivity contribution is 5.70. The normalized spacial score (nSPS) is 11.8. The molecule has 0 aliphatic carbocycles. The summed E-state index contributed by atoms with van der Waals surface area (Å²) in [7, 11) is 0. The fourth-order valence-corrected chi connectivity index (χ4v) is 1.19. The van der Waals surface area contributed by atoms with E-state index in [1.807, 2.05) is 13.8 Å². The third-order valence-corrected chi connectivity index (χ3v) is 2.16. The number of hydrogen-bond acceptors (Lipinski definition) is 6. The van der Waals surface area contributed by atoms with Crippen LogP contribution in [-0.2, 0) is 28.6 Å². The van der Waals surface area contributed by atoms with Gasteiger partial charge in [-0.3, -0.25) is 14.4 Å². The smallest absolute Gasteiger partial charge is 0.309 e. The molecule has 0 N–H and O–H groups in total. The summed E-state index contributed by atoms with van der Waals surface area (Å²) >= 11 is 0. The van der Waals surface area contributed by atoms with Gasteiger partial charge in [-0.2, -0.15) is 0 Å². The van der Waals surface area contributed by atoms with E-state index in [-0.39, 0.29) is 38.0 Å². The zero-order chi connectivity index (χ0) is 14.7. The molecule has 0 saturated carbocycles. The van der Waals surface area contributed by atoms with Gasteiger partial charge in [-0.15, -0.1) is 0 Å². The molecular formula is C13H22O6. The minimum atomic E-state index is -0.454. The van der Waals surface area contributed by atoms with Gasteiger partial charge >= 0.3 is 11.9 Å². The Kier molecular flexibility index (Phi) is 9.48. The second kappa shape index (κ2) is 10.3. The molecule has 0 aromatic heterocycles. The Labute approximate surface area is 113 Å². The van der Waals surface area contributed by atoms with Crippen molar-refractivity contribution in [2.45, 2.75) is 46.1 Å². The van der Waals surface area contributed by atoms with Gasteiger partial charge in [0.2, 0.25) is 0 Å².